The Kier molecular flexibility index (Phi) is 3.99. The van der Waals surface area contributed by atoms with Crippen LogP contribution in [0.2, 0.25) is 0 Å². The van der Waals surface area contributed by atoms with Crippen LogP contribution in [0.3, 0.4) is 0 Å². The van der Waals surface area contributed by atoms with E-state index in [0.717, 1.165) is 26.4 Å². The number of hydrogen-bond donors (Lipinski definition) is 1. The molecule has 2 aliphatic heterocycles. The molecule has 6 nitrogen and oxygen atoms in total. The summed E-state index contributed by atoms with van der Waals surface area (Å²) in [5.41, 5.74) is 7.45. The molecule has 33 heavy (non-hydrogen) atoms. The lowest BCUT2D eigenvalue weighted by Gasteiger charge is -2.34. The Hall–Kier alpha value is -3.76. The van der Waals surface area contributed by atoms with Gasteiger partial charge in [-0.25, -0.2) is 4.79 Å². The second-order valence-corrected chi connectivity index (χ2v) is 8.98. The standard InChI is InChI=1S/C26H17BrN2O4/c1-2-31-24(30)21-23(29)33-26-18-8-4-6-14-5-3-7-17(20(14)18)25(21,26)19(13-28)22(32-26)15-9-11-16(27)12-10-15/h3-12H,2,29H2,1H3/t25-,26+/m0/s1. The van der Waals surface area contributed by atoms with Crippen molar-refractivity contribution in [1.29, 1.82) is 5.26 Å². The highest BCUT2D eigenvalue weighted by Crippen LogP contribution is 2.71. The fourth-order valence-electron chi connectivity index (χ4n) is 5.47. The molecule has 0 aromatic heterocycles. The summed E-state index contributed by atoms with van der Waals surface area (Å²) < 4.78 is 19.2. The number of carbonyl (C=O) groups is 1. The van der Waals surface area contributed by atoms with E-state index >= 15 is 0 Å². The van der Waals surface area contributed by atoms with Gasteiger partial charge in [-0.15, -0.1) is 0 Å². The van der Waals surface area contributed by atoms with E-state index in [9.17, 15) is 10.1 Å². The number of rotatable bonds is 3. The molecule has 2 heterocycles. The lowest BCUT2D eigenvalue weighted by atomic mass is 9.67. The fraction of sp³-hybridized carbons (Fsp3) is 0.154. The van der Waals surface area contributed by atoms with E-state index < -0.39 is 17.2 Å². The third-order valence-electron chi connectivity index (χ3n) is 6.58. The zero-order valence-electron chi connectivity index (χ0n) is 17.5. The van der Waals surface area contributed by atoms with Crippen molar-refractivity contribution in [3.63, 3.8) is 0 Å². The second-order valence-electron chi connectivity index (χ2n) is 8.06. The van der Waals surface area contributed by atoms with Gasteiger partial charge in [0.15, 0.2) is 5.41 Å². The van der Waals surface area contributed by atoms with Gasteiger partial charge in [0.1, 0.15) is 17.4 Å². The molecule has 0 saturated carbocycles. The molecule has 0 bridgehead atoms. The van der Waals surface area contributed by atoms with Crippen molar-refractivity contribution in [2.45, 2.75) is 18.1 Å². The van der Waals surface area contributed by atoms with Crippen LogP contribution in [0.1, 0.15) is 23.6 Å². The van der Waals surface area contributed by atoms with Gasteiger partial charge in [0, 0.05) is 15.6 Å². The zero-order chi connectivity index (χ0) is 23.0. The van der Waals surface area contributed by atoms with E-state index in [2.05, 4.69) is 22.0 Å². The smallest absolute Gasteiger partial charge is 0.341 e. The Balaban J connectivity index is 1.76. The highest BCUT2D eigenvalue weighted by Gasteiger charge is 2.77. The lowest BCUT2D eigenvalue weighted by molar-refractivity contribution is -0.178. The molecule has 3 aromatic rings. The summed E-state index contributed by atoms with van der Waals surface area (Å²) in [4.78, 5) is 13.3. The van der Waals surface area contributed by atoms with Crippen LogP contribution in [0.25, 0.3) is 16.5 Å². The van der Waals surface area contributed by atoms with Gasteiger partial charge in [0.25, 0.3) is 5.79 Å². The summed E-state index contributed by atoms with van der Waals surface area (Å²) in [6.45, 7) is 1.88. The summed E-state index contributed by atoms with van der Waals surface area (Å²) in [5.74, 6) is -1.89. The molecule has 0 unspecified atom stereocenters. The molecule has 2 atom stereocenters. The third kappa shape index (κ3) is 2.19. The van der Waals surface area contributed by atoms with Crippen LogP contribution in [0.5, 0.6) is 0 Å². The average Bonchev–Trinajstić information content (AvgIpc) is 3.32. The Bertz CT molecular complexity index is 1480. The van der Waals surface area contributed by atoms with Crippen LogP contribution in [0, 0.1) is 11.3 Å². The molecular formula is C26H17BrN2O4. The molecule has 2 N–H and O–H groups in total. The predicted molar refractivity (Wildman–Crippen MR) is 124 cm³/mol. The highest BCUT2D eigenvalue weighted by atomic mass is 79.9. The van der Waals surface area contributed by atoms with Gasteiger partial charge >= 0.3 is 5.97 Å². The number of nitriles is 1. The Morgan fingerprint density at radius 1 is 1.09 bits per heavy atom. The molecule has 162 valence electrons. The number of nitrogens with zero attached hydrogens (tertiary/aromatic N) is 1. The maximum Gasteiger partial charge on any atom is 0.341 e. The van der Waals surface area contributed by atoms with Crippen LogP contribution < -0.4 is 5.73 Å². The molecule has 1 aliphatic carbocycles. The van der Waals surface area contributed by atoms with Gasteiger partial charge in [0.2, 0.25) is 5.88 Å². The second kappa shape index (κ2) is 6.63. The van der Waals surface area contributed by atoms with Gasteiger partial charge < -0.3 is 19.9 Å². The maximum atomic E-state index is 13.3. The number of halogens is 1. The predicted octanol–water partition coefficient (Wildman–Crippen LogP) is 4.74. The number of ether oxygens (including phenoxy) is 3. The van der Waals surface area contributed by atoms with Crippen LogP contribution in [-0.4, -0.2) is 12.6 Å². The van der Waals surface area contributed by atoms with Gasteiger partial charge in [-0.05, 0) is 35.4 Å². The minimum absolute atomic E-state index is 0.0942. The summed E-state index contributed by atoms with van der Waals surface area (Å²) in [7, 11) is 0. The molecule has 7 heteroatoms. The number of benzene rings is 3. The molecule has 0 amide bonds. The lowest BCUT2D eigenvalue weighted by Crippen LogP contribution is -2.45. The van der Waals surface area contributed by atoms with Crippen molar-refractivity contribution in [3.8, 4) is 6.07 Å². The number of carbonyl (C=O) groups excluding carboxylic acids is 1. The molecule has 0 fully saturated rings. The monoisotopic (exact) mass is 500 g/mol. The van der Waals surface area contributed by atoms with Gasteiger partial charge in [-0.1, -0.05) is 64.5 Å². The summed E-state index contributed by atoms with van der Waals surface area (Å²) in [6, 6.07) is 21.3. The van der Waals surface area contributed by atoms with E-state index in [1.165, 1.54) is 0 Å². The van der Waals surface area contributed by atoms with Crippen molar-refractivity contribution in [1.82, 2.24) is 0 Å². The zero-order valence-corrected chi connectivity index (χ0v) is 19.1. The van der Waals surface area contributed by atoms with Crippen molar-refractivity contribution in [3.05, 3.63) is 98.9 Å². The minimum atomic E-state index is -1.52. The summed E-state index contributed by atoms with van der Waals surface area (Å²) >= 11 is 3.44. The first-order chi connectivity index (χ1) is 16.0. The van der Waals surface area contributed by atoms with Crippen molar-refractivity contribution >= 4 is 38.4 Å². The normalized spacial score (nSPS) is 24.3. The Morgan fingerprint density at radius 3 is 2.45 bits per heavy atom. The van der Waals surface area contributed by atoms with E-state index in [-0.39, 0.29) is 23.6 Å². The molecule has 0 saturated heterocycles. The molecule has 3 aliphatic rings. The topological polar surface area (TPSA) is 94.6 Å². The van der Waals surface area contributed by atoms with Crippen LogP contribution in [-0.2, 0) is 30.2 Å². The quantitative estimate of drug-likeness (QED) is 0.522. The fourth-order valence-corrected chi connectivity index (χ4v) is 5.73. The first kappa shape index (κ1) is 19.9. The van der Waals surface area contributed by atoms with Crippen LogP contribution in [0.15, 0.2) is 82.2 Å². The molecule has 0 spiro atoms. The summed E-state index contributed by atoms with van der Waals surface area (Å²) in [6.07, 6.45) is 0. The van der Waals surface area contributed by atoms with Crippen molar-refractivity contribution in [2.75, 3.05) is 6.61 Å². The van der Waals surface area contributed by atoms with E-state index in [4.69, 9.17) is 19.9 Å². The Morgan fingerprint density at radius 2 is 1.79 bits per heavy atom. The van der Waals surface area contributed by atoms with E-state index in [1.54, 1.807) is 6.92 Å². The molecule has 6 rings (SSSR count). The van der Waals surface area contributed by atoms with Gasteiger partial charge in [0.05, 0.1) is 12.2 Å². The van der Waals surface area contributed by atoms with Gasteiger partial charge in [-0.3, -0.25) is 0 Å². The summed E-state index contributed by atoms with van der Waals surface area (Å²) in [5, 5.41) is 12.4. The van der Waals surface area contributed by atoms with Crippen LogP contribution >= 0.6 is 15.9 Å². The van der Waals surface area contributed by atoms with Crippen molar-refractivity contribution < 1.29 is 19.0 Å². The highest BCUT2D eigenvalue weighted by molar-refractivity contribution is 9.10. The first-order valence-corrected chi connectivity index (χ1v) is 11.3. The third-order valence-corrected chi connectivity index (χ3v) is 7.11. The molecule has 3 aromatic carbocycles. The van der Waals surface area contributed by atoms with E-state index in [1.807, 2.05) is 60.7 Å². The molecule has 0 radical (unpaired) electrons. The van der Waals surface area contributed by atoms with Crippen molar-refractivity contribution in [2.24, 2.45) is 5.73 Å². The average molecular weight is 501 g/mol. The number of hydrogen-bond acceptors (Lipinski definition) is 6. The SMILES string of the molecule is CCOC(=O)C1=C(N)O[C@@]23OC(c4ccc(Br)cc4)=C(C#N)[C@@]12c1cccc2cccc3c12. The minimum Gasteiger partial charge on any atom is -0.462 e. The maximum absolute atomic E-state index is 13.3. The van der Waals surface area contributed by atoms with Crippen LogP contribution in [0.4, 0.5) is 0 Å². The first-order valence-electron chi connectivity index (χ1n) is 10.5. The largest absolute Gasteiger partial charge is 0.462 e. The number of nitrogens with two attached hydrogens (primary N) is 1. The number of esters is 1. The molecular weight excluding hydrogens is 484 g/mol. The Labute approximate surface area is 198 Å². The van der Waals surface area contributed by atoms with Gasteiger partial charge in [-0.2, -0.15) is 5.26 Å². The van der Waals surface area contributed by atoms with E-state index in [0.29, 0.717) is 11.3 Å².